The third-order valence-electron chi connectivity index (χ3n) is 5.31. The van der Waals surface area contributed by atoms with Crippen LogP contribution in [-0.4, -0.2) is 19.0 Å². The SMILES string of the molecule is Cc1ccc(N2CCC(C(=O)Nc3cccc4ccccc34)CC2)cc1. The Labute approximate surface area is 154 Å². The van der Waals surface area contributed by atoms with Crippen LogP contribution in [0.3, 0.4) is 0 Å². The summed E-state index contributed by atoms with van der Waals surface area (Å²) in [6.07, 6.45) is 1.79. The van der Waals surface area contributed by atoms with Crippen molar-refractivity contribution < 1.29 is 4.79 Å². The predicted molar refractivity (Wildman–Crippen MR) is 109 cm³/mol. The van der Waals surface area contributed by atoms with Crippen molar-refractivity contribution in [3.63, 3.8) is 0 Å². The summed E-state index contributed by atoms with van der Waals surface area (Å²) in [6.45, 7) is 3.96. The largest absolute Gasteiger partial charge is 0.371 e. The van der Waals surface area contributed by atoms with Crippen molar-refractivity contribution >= 4 is 28.1 Å². The monoisotopic (exact) mass is 344 g/mol. The molecule has 1 fully saturated rings. The van der Waals surface area contributed by atoms with E-state index in [1.54, 1.807) is 0 Å². The molecule has 1 N–H and O–H groups in total. The van der Waals surface area contributed by atoms with Crippen LogP contribution in [0.2, 0.25) is 0 Å². The van der Waals surface area contributed by atoms with E-state index in [1.807, 2.05) is 24.3 Å². The first-order chi connectivity index (χ1) is 12.7. The Morgan fingerprint density at radius 3 is 2.38 bits per heavy atom. The molecule has 3 aromatic carbocycles. The van der Waals surface area contributed by atoms with Crippen molar-refractivity contribution in [1.82, 2.24) is 0 Å². The number of hydrogen-bond donors (Lipinski definition) is 1. The Hall–Kier alpha value is -2.81. The molecule has 3 heteroatoms. The fourth-order valence-electron chi connectivity index (χ4n) is 3.72. The summed E-state index contributed by atoms with van der Waals surface area (Å²) in [4.78, 5) is 15.1. The van der Waals surface area contributed by atoms with Crippen molar-refractivity contribution in [1.29, 1.82) is 0 Å². The highest BCUT2D eigenvalue weighted by Crippen LogP contribution is 2.27. The fraction of sp³-hybridized carbons (Fsp3) is 0.261. The highest BCUT2D eigenvalue weighted by atomic mass is 16.1. The molecule has 1 amide bonds. The maximum atomic E-state index is 12.8. The normalized spacial score (nSPS) is 15.2. The second-order valence-electron chi connectivity index (χ2n) is 7.11. The summed E-state index contributed by atoms with van der Waals surface area (Å²) in [7, 11) is 0. The molecule has 1 saturated heterocycles. The van der Waals surface area contributed by atoms with E-state index in [0.29, 0.717) is 0 Å². The quantitative estimate of drug-likeness (QED) is 0.725. The van der Waals surface area contributed by atoms with Crippen LogP contribution in [-0.2, 0) is 4.79 Å². The number of anilines is 2. The van der Waals surface area contributed by atoms with Gasteiger partial charge in [0.2, 0.25) is 5.91 Å². The first kappa shape index (κ1) is 16.6. The molecule has 1 aliphatic heterocycles. The van der Waals surface area contributed by atoms with E-state index in [1.165, 1.54) is 11.3 Å². The third kappa shape index (κ3) is 3.43. The van der Waals surface area contributed by atoms with Gasteiger partial charge in [-0.15, -0.1) is 0 Å². The van der Waals surface area contributed by atoms with E-state index < -0.39 is 0 Å². The fourth-order valence-corrected chi connectivity index (χ4v) is 3.72. The number of nitrogens with zero attached hydrogens (tertiary/aromatic N) is 1. The van der Waals surface area contributed by atoms with E-state index in [9.17, 15) is 4.79 Å². The van der Waals surface area contributed by atoms with E-state index in [4.69, 9.17) is 0 Å². The number of fused-ring (bicyclic) bond motifs is 1. The van der Waals surface area contributed by atoms with Gasteiger partial charge < -0.3 is 10.2 Å². The molecule has 26 heavy (non-hydrogen) atoms. The van der Waals surface area contributed by atoms with Crippen LogP contribution >= 0.6 is 0 Å². The molecule has 3 nitrogen and oxygen atoms in total. The van der Waals surface area contributed by atoms with E-state index in [-0.39, 0.29) is 11.8 Å². The molecule has 0 saturated carbocycles. The zero-order chi connectivity index (χ0) is 17.9. The number of piperidine rings is 1. The number of hydrogen-bond acceptors (Lipinski definition) is 2. The van der Waals surface area contributed by atoms with Crippen LogP contribution in [0.4, 0.5) is 11.4 Å². The summed E-state index contributed by atoms with van der Waals surface area (Å²) < 4.78 is 0. The summed E-state index contributed by atoms with van der Waals surface area (Å²) in [5, 5.41) is 5.41. The van der Waals surface area contributed by atoms with E-state index in [0.717, 1.165) is 42.4 Å². The minimum Gasteiger partial charge on any atom is -0.371 e. The van der Waals surface area contributed by atoms with Gasteiger partial charge >= 0.3 is 0 Å². The van der Waals surface area contributed by atoms with Gasteiger partial charge in [-0.2, -0.15) is 0 Å². The van der Waals surface area contributed by atoms with Crippen LogP contribution in [0, 0.1) is 12.8 Å². The van der Waals surface area contributed by atoms with Gasteiger partial charge in [0, 0.05) is 35.8 Å². The molecule has 0 aliphatic carbocycles. The van der Waals surface area contributed by atoms with Crippen LogP contribution < -0.4 is 10.2 Å². The summed E-state index contributed by atoms with van der Waals surface area (Å²) in [5.41, 5.74) is 3.44. The molecule has 132 valence electrons. The van der Waals surface area contributed by atoms with Gasteiger partial charge in [-0.25, -0.2) is 0 Å². The van der Waals surface area contributed by atoms with Gasteiger partial charge in [0.25, 0.3) is 0 Å². The van der Waals surface area contributed by atoms with Crippen molar-refractivity contribution in [2.45, 2.75) is 19.8 Å². The number of carbonyl (C=O) groups is 1. The highest BCUT2D eigenvalue weighted by Gasteiger charge is 2.25. The van der Waals surface area contributed by atoms with Crippen molar-refractivity contribution in [3.8, 4) is 0 Å². The lowest BCUT2D eigenvalue weighted by atomic mass is 9.95. The molecule has 0 unspecified atom stereocenters. The lowest BCUT2D eigenvalue weighted by Crippen LogP contribution is -2.38. The van der Waals surface area contributed by atoms with Gasteiger partial charge in [-0.3, -0.25) is 4.79 Å². The molecule has 0 radical (unpaired) electrons. The number of carbonyl (C=O) groups excluding carboxylic acids is 1. The zero-order valence-corrected chi connectivity index (χ0v) is 15.1. The lowest BCUT2D eigenvalue weighted by molar-refractivity contribution is -0.120. The predicted octanol–water partition coefficient (Wildman–Crippen LogP) is 5.00. The van der Waals surface area contributed by atoms with Crippen molar-refractivity contribution in [2.75, 3.05) is 23.3 Å². The molecular formula is C23H24N2O. The van der Waals surface area contributed by atoms with Gasteiger partial charge in [0.1, 0.15) is 0 Å². The van der Waals surface area contributed by atoms with Crippen molar-refractivity contribution in [3.05, 3.63) is 72.3 Å². The summed E-state index contributed by atoms with van der Waals surface area (Å²) >= 11 is 0. The molecule has 3 aromatic rings. The van der Waals surface area contributed by atoms with Crippen LogP contribution in [0.1, 0.15) is 18.4 Å². The number of amides is 1. The van der Waals surface area contributed by atoms with Gasteiger partial charge in [0.05, 0.1) is 0 Å². The van der Waals surface area contributed by atoms with E-state index >= 15 is 0 Å². The second kappa shape index (κ2) is 7.20. The molecule has 1 aliphatic rings. The number of aryl methyl sites for hydroxylation is 1. The van der Waals surface area contributed by atoms with Crippen LogP contribution in [0.25, 0.3) is 10.8 Å². The Kier molecular flexibility index (Phi) is 4.61. The molecule has 4 rings (SSSR count). The van der Waals surface area contributed by atoms with Crippen molar-refractivity contribution in [2.24, 2.45) is 5.92 Å². The first-order valence-electron chi connectivity index (χ1n) is 9.31. The lowest BCUT2D eigenvalue weighted by Gasteiger charge is -2.33. The zero-order valence-electron chi connectivity index (χ0n) is 15.1. The molecule has 0 atom stereocenters. The Bertz CT molecular complexity index is 904. The van der Waals surface area contributed by atoms with Gasteiger partial charge in [-0.05, 0) is 43.4 Å². The van der Waals surface area contributed by atoms with Crippen LogP contribution in [0.5, 0.6) is 0 Å². The standard InChI is InChI=1S/C23H24N2O/c1-17-9-11-20(12-10-17)25-15-13-19(14-16-25)23(26)24-22-8-4-6-18-5-2-3-7-21(18)22/h2-12,19H,13-16H2,1H3,(H,24,26). The Balaban J connectivity index is 1.41. The number of benzene rings is 3. The van der Waals surface area contributed by atoms with E-state index in [2.05, 4.69) is 59.6 Å². The minimum absolute atomic E-state index is 0.0793. The molecule has 0 spiro atoms. The molecule has 0 bridgehead atoms. The Morgan fingerprint density at radius 2 is 1.62 bits per heavy atom. The van der Waals surface area contributed by atoms with Gasteiger partial charge in [0.15, 0.2) is 0 Å². The Morgan fingerprint density at radius 1 is 0.923 bits per heavy atom. The first-order valence-corrected chi connectivity index (χ1v) is 9.31. The van der Waals surface area contributed by atoms with Gasteiger partial charge in [-0.1, -0.05) is 54.1 Å². The molecule has 1 heterocycles. The maximum absolute atomic E-state index is 12.8. The average Bonchev–Trinajstić information content (AvgIpc) is 2.69. The molecular weight excluding hydrogens is 320 g/mol. The topological polar surface area (TPSA) is 32.3 Å². The second-order valence-corrected chi connectivity index (χ2v) is 7.11. The minimum atomic E-state index is 0.0793. The number of nitrogens with one attached hydrogen (secondary N) is 1. The summed E-state index contributed by atoms with van der Waals surface area (Å²) in [6, 6.07) is 22.9. The smallest absolute Gasteiger partial charge is 0.227 e. The maximum Gasteiger partial charge on any atom is 0.227 e. The number of rotatable bonds is 3. The highest BCUT2D eigenvalue weighted by molar-refractivity contribution is 6.02. The summed E-state index contributed by atoms with van der Waals surface area (Å²) in [5.74, 6) is 0.223. The molecule has 0 aromatic heterocycles. The van der Waals surface area contributed by atoms with Crippen LogP contribution in [0.15, 0.2) is 66.7 Å². The average molecular weight is 344 g/mol. The third-order valence-corrected chi connectivity index (χ3v) is 5.31.